The smallest absolute Gasteiger partial charge is 0.223 e. The van der Waals surface area contributed by atoms with E-state index in [9.17, 15) is 4.79 Å². The minimum absolute atomic E-state index is 0.0120. The van der Waals surface area contributed by atoms with Crippen molar-refractivity contribution in [2.24, 2.45) is 0 Å². The summed E-state index contributed by atoms with van der Waals surface area (Å²) in [4.78, 5) is 15.4. The largest absolute Gasteiger partial charge is 0.343 e. The van der Waals surface area contributed by atoms with Gasteiger partial charge in [-0.1, -0.05) is 0 Å². The minimum Gasteiger partial charge on any atom is -0.343 e. The summed E-state index contributed by atoms with van der Waals surface area (Å²) >= 11 is 0. The van der Waals surface area contributed by atoms with Crippen LogP contribution in [0.3, 0.4) is 0 Å². The Morgan fingerprint density at radius 1 is 1.15 bits per heavy atom. The highest BCUT2D eigenvalue weighted by molar-refractivity contribution is 5.80. The Kier molecular flexibility index (Phi) is 2.54. The van der Waals surface area contributed by atoms with E-state index in [-0.39, 0.29) is 5.91 Å². The number of carbonyl (C=O) groups excluding carboxylic acids is 1. The molecule has 0 aromatic carbocycles. The van der Waals surface area contributed by atoms with Crippen LogP contribution in [0.2, 0.25) is 0 Å². The van der Waals surface area contributed by atoms with Gasteiger partial charge in [-0.25, -0.2) is 0 Å². The van der Waals surface area contributed by atoms with Crippen molar-refractivity contribution in [3.05, 3.63) is 6.92 Å². The molecule has 13 heavy (non-hydrogen) atoms. The van der Waals surface area contributed by atoms with Crippen LogP contribution >= 0.6 is 0 Å². The van der Waals surface area contributed by atoms with Crippen LogP contribution in [0.5, 0.6) is 0 Å². The fourth-order valence-corrected chi connectivity index (χ4v) is 2.19. The zero-order valence-corrected chi connectivity index (χ0v) is 8.04. The van der Waals surface area contributed by atoms with Gasteiger partial charge in [-0.2, -0.15) is 0 Å². The Labute approximate surface area is 79.7 Å². The van der Waals surface area contributed by atoms with E-state index >= 15 is 0 Å². The van der Waals surface area contributed by atoms with Gasteiger partial charge in [0.05, 0.1) is 0 Å². The van der Waals surface area contributed by atoms with Gasteiger partial charge in [-0.3, -0.25) is 4.79 Å². The molecule has 0 saturated carbocycles. The Morgan fingerprint density at radius 2 is 1.77 bits per heavy atom. The first-order valence-electron chi connectivity index (χ1n) is 5.12. The van der Waals surface area contributed by atoms with Crippen LogP contribution in [0.1, 0.15) is 19.3 Å². The Hall–Kier alpha value is -0.570. The molecule has 1 amide bonds. The van der Waals surface area contributed by atoms with Crippen LogP contribution in [-0.4, -0.2) is 47.9 Å². The van der Waals surface area contributed by atoms with E-state index in [4.69, 9.17) is 0 Å². The number of piperidine rings is 1. The molecule has 2 heterocycles. The molecule has 0 spiro atoms. The molecule has 2 aliphatic heterocycles. The maximum Gasteiger partial charge on any atom is 0.223 e. The average Bonchev–Trinajstić information content (AvgIpc) is 2.02. The monoisotopic (exact) mass is 181 g/mol. The molecule has 2 fully saturated rings. The van der Waals surface area contributed by atoms with E-state index in [2.05, 4.69) is 11.8 Å². The van der Waals surface area contributed by atoms with Crippen molar-refractivity contribution >= 4 is 5.91 Å². The van der Waals surface area contributed by atoms with Crippen LogP contribution in [-0.2, 0) is 4.79 Å². The number of likely N-dealkylation sites (tertiary alicyclic amines) is 2. The molecular formula is C10H17N2O. The number of carbonyl (C=O) groups is 1. The van der Waals surface area contributed by atoms with Gasteiger partial charge >= 0.3 is 0 Å². The van der Waals surface area contributed by atoms with Gasteiger partial charge in [0.2, 0.25) is 5.91 Å². The first-order valence-corrected chi connectivity index (χ1v) is 5.12. The lowest BCUT2D eigenvalue weighted by Crippen LogP contribution is -2.51. The molecule has 2 saturated heterocycles. The third-order valence-electron chi connectivity index (χ3n) is 3.22. The normalized spacial score (nSPS) is 25.8. The van der Waals surface area contributed by atoms with E-state index in [0.717, 1.165) is 32.0 Å². The van der Waals surface area contributed by atoms with E-state index < -0.39 is 0 Å². The van der Waals surface area contributed by atoms with Crippen LogP contribution < -0.4 is 0 Å². The molecule has 73 valence electrons. The number of rotatable bonds is 1. The van der Waals surface area contributed by atoms with Crippen LogP contribution in [0.15, 0.2) is 0 Å². The lowest BCUT2D eigenvalue weighted by molar-refractivity contribution is -0.128. The summed E-state index contributed by atoms with van der Waals surface area (Å²) in [6, 6.07) is 0.740. The van der Waals surface area contributed by atoms with Gasteiger partial charge in [0.25, 0.3) is 0 Å². The van der Waals surface area contributed by atoms with Crippen molar-refractivity contribution in [3.8, 4) is 0 Å². The predicted molar refractivity (Wildman–Crippen MR) is 51.1 cm³/mol. The molecule has 0 N–H and O–H groups in total. The molecule has 3 nitrogen and oxygen atoms in total. The highest BCUT2D eigenvalue weighted by Gasteiger charge is 2.28. The minimum atomic E-state index is -0.0120. The number of amides is 1. The molecule has 2 aliphatic rings. The van der Waals surface area contributed by atoms with Crippen molar-refractivity contribution in [3.63, 3.8) is 0 Å². The lowest BCUT2D eigenvalue weighted by Gasteiger charge is -2.42. The summed E-state index contributed by atoms with van der Waals surface area (Å²) in [6.07, 6.45) is 3.64. The molecule has 0 aromatic heterocycles. The van der Waals surface area contributed by atoms with Crippen molar-refractivity contribution in [2.75, 3.05) is 26.2 Å². The van der Waals surface area contributed by atoms with Crippen molar-refractivity contribution in [1.82, 2.24) is 9.80 Å². The van der Waals surface area contributed by atoms with E-state index in [1.165, 1.54) is 19.5 Å². The maximum atomic E-state index is 11.0. The quantitative estimate of drug-likeness (QED) is 0.588. The number of hydrogen-bond donors (Lipinski definition) is 0. The summed E-state index contributed by atoms with van der Waals surface area (Å²) < 4.78 is 0. The molecule has 3 heteroatoms. The lowest BCUT2D eigenvalue weighted by atomic mass is 10.00. The van der Waals surface area contributed by atoms with Crippen molar-refractivity contribution in [2.45, 2.75) is 25.3 Å². The van der Waals surface area contributed by atoms with Crippen molar-refractivity contribution in [1.29, 1.82) is 0 Å². The third-order valence-corrected chi connectivity index (χ3v) is 3.22. The van der Waals surface area contributed by atoms with E-state index in [0.29, 0.717) is 0 Å². The molecule has 0 atom stereocenters. The summed E-state index contributed by atoms with van der Waals surface area (Å²) in [6.45, 7) is 7.79. The second-order valence-electron chi connectivity index (χ2n) is 4.00. The second kappa shape index (κ2) is 3.66. The average molecular weight is 181 g/mol. The first kappa shape index (κ1) is 9.00. The number of hydrogen-bond acceptors (Lipinski definition) is 2. The summed E-state index contributed by atoms with van der Waals surface area (Å²) in [5, 5.41) is 0. The van der Waals surface area contributed by atoms with Crippen LogP contribution in [0.25, 0.3) is 0 Å². The van der Waals surface area contributed by atoms with E-state index in [1.807, 2.05) is 4.90 Å². The van der Waals surface area contributed by atoms with Crippen molar-refractivity contribution < 1.29 is 4.79 Å². The molecule has 1 radical (unpaired) electrons. The highest BCUT2D eigenvalue weighted by Crippen LogP contribution is 2.21. The van der Waals surface area contributed by atoms with Crippen LogP contribution in [0.4, 0.5) is 0 Å². The van der Waals surface area contributed by atoms with Gasteiger partial charge in [0, 0.05) is 26.1 Å². The Morgan fingerprint density at radius 3 is 2.15 bits per heavy atom. The molecule has 2 rings (SSSR count). The molecule has 0 aliphatic carbocycles. The number of nitrogens with zero attached hydrogens (tertiary/aromatic N) is 2. The molecule has 0 bridgehead atoms. The first-order chi connectivity index (χ1) is 6.27. The van der Waals surface area contributed by atoms with Gasteiger partial charge in [-0.05, 0) is 32.4 Å². The Bertz CT molecular complexity index is 193. The zero-order chi connectivity index (χ0) is 9.26. The zero-order valence-electron chi connectivity index (χ0n) is 8.04. The highest BCUT2D eigenvalue weighted by atomic mass is 16.2. The molecular weight excluding hydrogens is 164 g/mol. The van der Waals surface area contributed by atoms with Crippen LogP contribution in [0, 0.1) is 6.92 Å². The molecule has 0 unspecified atom stereocenters. The summed E-state index contributed by atoms with van der Waals surface area (Å²) in [5.41, 5.74) is 0. The van der Waals surface area contributed by atoms with Gasteiger partial charge in [-0.15, -0.1) is 0 Å². The van der Waals surface area contributed by atoms with Gasteiger partial charge in [0.1, 0.15) is 0 Å². The van der Waals surface area contributed by atoms with Gasteiger partial charge in [0.15, 0.2) is 0 Å². The second-order valence-corrected chi connectivity index (χ2v) is 4.00. The fraction of sp³-hybridized carbons (Fsp3) is 0.800. The standard InChI is InChI=1S/C10H17N2O/c1-9(13)11-7-3-10(4-8-11)12-5-2-6-12/h10H,1-8H2. The summed E-state index contributed by atoms with van der Waals surface area (Å²) in [5.74, 6) is -0.0120. The predicted octanol–water partition coefficient (Wildman–Crippen LogP) is 0.517. The maximum absolute atomic E-state index is 11.0. The topological polar surface area (TPSA) is 23.6 Å². The molecule has 0 aromatic rings. The van der Waals surface area contributed by atoms with E-state index in [1.54, 1.807) is 0 Å². The SMILES string of the molecule is [CH2]C(=O)N1CCC(N2CCC2)CC1. The third kappa shape index (κ3) is 1.85. The van der Waals surface area contributed by atoms with Gasteiger partial charge < -0.3 is 9.80 Å². The summed E-state index contributed by atoms with van der Waals surface area (Å²) in [7, 11) is 0. The fourth-order valence-electron chi connectivity index (χ4n) is 2.19. The Balaban J connectivity index is 1.78.